The van der Waals surface area contributed by atoms with Crippen molar-refractivity contribution in [2.75, 3.05) is 11.9 Å². The van der Waals surface area contributed by atoms with Crippen LogP contribution in [0.1, 0.15) is 22.7 Å². The zero-order valence-corrected chi connectivity index (χ0v) is 13.9. The molecule has 4 heteroatoms. The molecule has 0 amide bonds. The highest BCUT2D eigenvalue weighted by Crippen LogP contribution is 2.26. The number of nitrogens with one attached hydrogen (secondary N) is 1. The normalized spacial score (nSPS) is 12.2. The third-order valence-electron chi connectivity index (χ3n) is 3.22. The van der Waals surface area contributed by atoms with E-state index in [1.165, 1.54) is 5.56 Å². The van der Waals surface area contributed by atoms with E-state index < -0.39 is 0 Å². The summed E-state index contributed by atoms with van der Waals surface area (Å²) in [5, 5.41) is 4.23. The Morgan fingerprint density at radius 2 is 1.95 bits per heavy atom. The Labute approximate surface area is 133 Å². The molecular weight excluding hydrogens is 336 g/mol. The number of halogens is 2. The summed E-state index contributed by atoms with van der Waals surface area (Å²) in [6.45, 7) is 4.57. The van der Waals surface area contributed by atoms with Crippen LogP contribution in [-0.2, 0) is 0 Å². The second kappa shape index (κ2) is 6.61. The van der Waals surface area contributed by atoms with Crippen LogP contribution >= 0.6 is 27.5 Å². The molecule has 1 unspecified atom stereocenters. The van der Waals surface area contributed by atoms with Crippen LogP contribution in [0.2, 0.25) is 5.02 Å². The molecule has 0 bridgehead atoms. The molecule has 0 fully saturated rings. The lowest BCUT2D eigenvalue weighted by Gasteiger charge is -2.20. The summed E-state index contributed by atoms with van der Waals surface area (Å²) in [5.74, 6) is 0. The lowest BCUT2D eigenvalue weighted by atomic mass is 10.0. The summed E-state index contributed by atoms with van der Waals surface area (Å²) in [6, 6.07) is 12.3. The lowest BCUT2D eigenvalue weighted by molar-refractivity contribution is 0.789. The van der Waals surface area contributed by atoms with E-state index in [0.29, 0.717) is 6.54 Å². The maximum Gasteiger partial charge on any atom is 0.0636 e. The molecule has 106 valence electrons. The van der Waals surface area contributed by atoms with Gasteiger partial charge < -0.3 is 11.1 Å². The number of anilines is 1. The van der Waals surface area contributed by atoms with Crippen molar-refractivity contribution in [1.29, 1.82) is 0 Å². The summed E-state index contributed by atoms with van der Waals surface area (Å²) in [4.78, 5) is 0. The number of aryl methyl sites for hydroxylation is 2. The first-order chi connectivity index (χ1) is 9.49. The van der Waals surface area contributed by atoms with Crippen molar-refractivity contribution in [1.82, 2.24) is 0 Å². The molecule has 2 aromatic rings. The monoisotopic (exact) mass is 352 g/mol. The standard InChI is InChI=1S/C16H18BrClN2/c1-10-5-13(17)8-14(6-10)20-16(9-19)12-4-3-11(2)15(18)7-12/h3-8,16,20H,9,19H2,1-2H3. The largest absolute Gasteiger partial charge is 0.377 e. The first kappa shape index (κ1) is 15.4. The molecule has 0 radical (unpaired) electrons. The fourth-order valence-corrected chi connectivity index (χ4v) is 2.92. The molecule has 2 nitrogen and oxygen atoms in total. The van der Waals surface area contributed by atoms with E-state index in [1.54, 1.807) is 0 Å². The lowest BCUT2D eigenvalue weighted by Crippen LogP contribution is -2.20. The van der Waals surface area contributed by atoms with Gasteiger partial charge in [-0.1, -0.05) is 39.7 Å². The average Bonchev–Trinajstić information content (AvgIpc) is 2.38. The Hall–Kier alpha value is -1.03. The minimum Gasteiger partial charge on any atom is -0.377 e. The van der Waals surface area contributed by atoms with Crippen LogP contribution in [0.4, 0.5) is 5.69 Å². The fourth-order valence-electron chi connectivity index (χ4n) is 2.13. The number of hydrogen-bond donors (Lipinski definition) is 2. The van der Waals surface area contributed by atoms with Gasteiger partial charge in [0, 0.05) is 21.7 Å². The molecule has 2 aromatic carbocycles. The molecule has 1 atom stereocenters. The second-order valence-electron chi connectivity index (χ2n) is 4.96. The van der Waals surface area contributed by atoms with Crippen LogP contribution in [0.5, 0.6) is 0 Å². The molecule has 0 aromatic heterocycles. The minimum absolute atomic E-state index is 0.0433. The third-order valence-corrected chi connectivity index (χ3v) is 4.08. The van der Waals surface area contributed by atoms with E-state index >= 15 is 0 Å². The van der Waals surface area contributed by atoms with Gasteiger partial charge in [-0.25, -0.2) is 0 Å². The Morgan fingerprint density at radius 3 is 2.55 bits per heavy atom. The minimum atomic E-state index is 0.0433. The predicted molar refractivity (Wildman–Crippen MR) is 90.5 cm³/mol. The molecule has 0 saturated carbocycles. The van der Waals surface area contributed by atoms with E-state index in [0.717, 1.165) is 26.3 Å². The number of hydrogen-bond acceptors (Lipinski definition) is 2. The second-order valence-corrected chi connectivity index (χ2v) is 6.28. The van der Waals surface area contributed by atoms with Crippen LogP contribution in [-0.4, -0.2) is 6.54 Å². The molecule has 0 saturated heterocycles. The third kappa shape index (κ3) is 3.75. The molecule has 20 heavy (non-hydrogen) atoms. The van der Waals surface area contributed by atoms with Crippen molar-refractivity contribution in [2.45, 2.75) is 19.9 Å². The van der Waals surface area contributed by atoms with Crippen LogP contribution in [0, 0.1) is 13.8 Å². The Morgan fingerprint density at radius 1 is 1.20 bits per heavy atom. The first-order valence-corrected chi connectivity index (χ1v) is 7.66. The molecule has 0 aliphatic heterocycles. The number of nitrogens with two attached hydrogens (primary N) is 1. The quantitative estimate of drug-likeness (QED) is 0.826. The van der Waals surface area contributed by atoms with E-state index in [4.69, 9.17) is 17.3 Å². The predicted octanol–water partition coefficient (Wildman–Crippen LogP) is 4.83. The maximum atomic E-state index is 6.19. The molecule has 3 N–H and O–H groups in total. The van der Waals surface area contributed by atoms with E-state index in [2.05, 4.69) is 46.4 Å². The topological polar surface area (TPSA) is 38.0 Å². The van der Waals surface area contributed by atoms with Crippen LogP contribution < -0.4 is 11.1 Å². The van der Waals surface area contributed by atoms with Gasteiger partial charge >= 0.3 is 0 Å². The number of rotatable bonds is 4. The van der Waals surface area contributed by atoms with Crippen LogP contribution in [0.25, 0.3) is 0 Å². The van der Waals surface area contributed by atoms with Gasteiger partial charge in [0.1, 0.15) is 0 Å². The van der Waals surface area contributed by atoms with Gasteiger partial charge in [-0.05, 0) is 54.8 Å². The van der Waals surface area contributed by atoms with Gasteiger partial charge in [0.15, 0.2) is 0 Å². The van der Waals surface area contributed by atoms with Crippen molar-refractivity contribution in [2.24, 2.45) is 5.73 Å². The van der Waals surface area contributed by atoms with Crippen molar-refractivity contribution in [3.63, 3.8) is 0 Å². The van der Waals surface area contributed by atoms with Crippen LogP contribution in [0.3, 0.4) is 0 Å². The van der Waals surface area contributed by atoms with Gasteiger partial charge in [-0.2, -0.15) is 0 Å². The van der Waals surface area contributed by atoms with E-state index in [1.807, 2.05) is 25.1 Å². The summed E-state index contributed by atoms with van der Waals surface area (Å²) in [6.07, 6.45) is 0. The SMILES string of the molecule is Cc1cc(Br)cc(NC(CN)c2ccc(C)c(Cl)c2)c1. The molecule has 0 aliphatic rings. The van der Waals surface area contributed by atoms with Gasteiger partial charge in [0.05, 0.1) is 6.04 Å². The Bertz CT molecular complexity index is 593. The summed E-state index contributed by atoms with van der Waals surface area (Å²) < 4.78 is 1.05. The molecular formula is C16H18BrClN2. The average molecular weight is 354 g/mol. The van der Waals surface area contributed by atoms with Gasteiger partial charge in [-0.15, -0.1) is 0 Å². The first-order valence-electron chi connectivity index (χ1n) is 6.49. The van der Waals surface area contributed by atoms with E-state index in [-0.39, 0.29) is 6.04 Å². The van der Waals surface area contributed by atoms with Crippen molar-refractivity contribution in [3.05, 3.63) is 62.6 Å². The Balaban J connectivity index is 2.26. The van der Waals surface area contributed by atoms with Gasteiger partial charge in [0.25, 0.3) is 0 Å². The fraction of sp³-hybridized carbons (Fsp3) is 0.250. The highest BCUT2D eigenvalue weighted by Gasteiger charge is 2.11. The highest BCUT2D eigenvalue weighted by molar-refractivity contribution is 9.10. The summed E-state index contributed by atoms with van der Waals surface area (Å²) in [5.41, 5.74) is 10.3. The number of benzene rings is 2. The van der Waals surface area contributed by atoms with Crippen molar-refractivity contribution >= 4 is 33.2 Å². The van der Waals surface area contributed by atoms with Gasteiger partial charge in [0.2, 0.25) is 0 Å². The molecule has 0 heterocycles. The molecule has 2 rings (SSSR count). The smallest absolute Gasteiger partial charge is 0.0636 e. The summed E-state index contributed by atoms with van der Waals surface area (Å²) in [7, 11) is 0. The van der Waals surface area contributed by atoms with Crippen LogP contribution in [0.15, 0.2) is 40.9 Å². The van der Waals surface area contributed by atoms with Crippen molar-refractivity contribution in [3.8, 4) is 0 Å². The van der Waals surface area contributed by atoms with Crippen molar-refractivity contribution < 1.29 is 0 Å². The summed E-state index contributed by atoms with van der Waals surface area (Å²) >= 11 is 9.70. The Kier molecular flexibility index (Phi) is 5.08. The van der Waals surface area contributed by atoms with E-state index in [9.17, 15) is 0 Å². The molecule has 0 aliphatic carbocycles. The zero-order valence-electron chi connectivity index (χ0n) is 11.6. The maximum absolute atomic E-state index is 6.19. The van der Waals surface area contributed by atoms with Gasteiger partial charge in [-0.3, -0.25) is 0 Å². The zero-order chi connectivity index (χ0) is 14.7. The molecule has 0 spiro atoms. The highest BCUT2D eigenvalue weighted by atomic mass is 79.9.